The number of hydroxylamine groups is 2. The molecule has 1 aliphatic rings. The van der Waals surface area contributed by atoms with Crippen molar-refractivity contribution in [3.8, 4) is 0 Å². The lowest BCUT2D eigenvalue weighted by molar-refractivity contribution is -0.269. The molecule has 0 radical (unpaired) electrons. The molecule has 38 heavy (non-hydrogen) atoms. The molecule has 0 saturated carbocycles. The molecule has 1 unspecified atom stereocenters. The van der Waals surface area contributed by atoms with Crippen LogP contribution in [0.15, 0.2) is 73.1 Å². The van der Waals surface area contributed by atoms with Gasteiger partial charge in [-0.1, -0.05) is 30.3 Å². The van der Waals surface area contributed by atoms with Crippen molar-refractivity contribution in [1.82, 2.24) is 16.3 Å². The Labute approximate surface area is 210 Å². The highest BCUT2D eigenvalue weighted by molar-refractivity contribution is 6.10. The second-order valence-corrected chi connectivity index (χ2v) is 8.06. The minimum atomic E-state index is -5.28. The Balaban J connectivity index is 1.82. The minimum Gasteiger partial charge on any atom is -0.327 e. The van der Waals surface area contributed by atoms with E-state index in [9.17, 15) is 35.5 Å². The predicted molar refractivity (Wildman–Crippen MR) is 122 cm³/mol. The third kappa shape index (κ3) is 5.02. The van der Waals surface area contributed by atoms with Gasteiger partial charge in [0.25, 0.3) is 5.91 Å². The number of hydrogen-bond acceptors (Lipinski definition) is 5. The van der Waals surface area contributed by atoms with Crippen molar-refractivity contribution < 1.29 is 45.2 Å². The molecule has 3 aromatic rings. The van der Waals surface area contributed by atoms with Crippen molar-refractivity contribution in [2.24, 2.45) is 0 Å². The number of hydrogen-bond donors (Lipinski definition) is 3. The highest BCUT2D eigenvalue weighted by atomic mass is 19.4. The molecule has 1 amide bonds. The zero-order valence-electron chi connectivity index (χ0n) is 19.3. The monoisotopic (exact) mass is 541 g/mol. The molecule has 0 fully saturated rings. The topological polar surface area (TPSA) is 71.6 Å². The molecule has 13 heteroatoms. The van der Waals surface area contributed by atoms with Crippen LogP contribution in [-0.2, 0) is 21.5 Å². The normalized spacial score (nSPS) is 17.9. The van der Waals surface area contributed by atoms with Crippen molar-refractivity contribution in [3.63, 3.8) is 0 Å². The van der Waals surface area contributed by atoms with Gasteiger partial charge in [0, 0.05) is 29.1 Å². The van der Waals surface area contributed by atoms with Crippen LogP contribution in [0.25, 0.3) is 16.5 Å². The van der Waals surface area contributed by atoms with Gasteiger partial charge in [-0.05, 0) is 41.1 Å². The van der Waals surface area contributed by atoms with E-state index < -0.39 is 40.8 Å². The molecule has 0 bridgehead atoms. The van der Waals surface area contributed by atoms with Gasteiger partial charge in [0.2, 0.25) is 5.60 Å². The standard InChI is InChI=1S/C25H18F7N3O3/c1-37-34-9-8-33-22(36)20-7-6-19(17-4-2-3-5-18(17)20)21-13-23(38-35-21,25(30,31)32)14-10-15(24(27,28)29)12-16(26)11-14/h2-13,34-35H,1H3,(H,33,36). The van der Waals surface area contributed by atoms with Crippen LogP contribution >= 0.6 is 0 Å². The highest BCUT2D eigenvalue weighted by Gasteiger charge is 2.60. The molecule has 3 aromatic carbocycles. The van der Waals surface area contributed by atoms with E-state index >= 15 is 0 Å². The summed E-state index contributed by atoms with van der Waals surface area (Å²) in [6, 6.07) is 9.66. The van der Waals surface area contributed by atoms with Crippen molar-refractivity contribution in [2.45, 2.75) is 18.0 Å². The van der Waals surface area contributed by atoms with Gasteiger partial charge in [-0.15, -0.1) is 0 Å². The fourth-order valence-electron chi connectivity index (χ4n) is 3.97. The number of nitrogens with one attached hydrogen (secondary N) is 3. The van der Waals surface area contributed by atoms with Crippen LogP contribution in [0.2, 0.25) is 0 Å². The SMILES string of the molecule is CONC=CNC(=O)c1ccc(C2=CC(c3cc(F)cc(C(F)(F)F)c3)(C(F)(F)F)ON2)c2ccccc12. The number of alkyl halides is 6. The van der Waals surface area contributed by atoms with Gasteiger partial charge in [0.1, 0.15) is 5.82 Å². The van der Waals surface area contributed by atoms with Gasteiger partial charge >= 0.3 is 12.4 Å². The quantitative estimate of drug-likeness (QED) is 0.277. The zero-order chi connectivity index (χ0) is 27.7. The van der Waals surface area contributed by atoms with Crippen molar-refractivity contribution in [1.29, 1.82) is 0 Å². The molecule has 6 nitrogen and oxygen atoms in total. The van der Waals surface area contributed by atoms with Crippen molar-refractivity contribution in [2.75, 3.05) is 7.11 Å². The molecular weight excluding hydrogens is 523 g/mol. The number of amides is 1. The molecular formula is C25H18F7N3O3. The predicted octanol–water partition coefficient (Wildman–Crippen LogP) is 5.68. The van der Waals surface area contributed by atoms with E-state index in [-0.39, 0.29) is 29.0 Å². The van der Waals surface area contributed by atoms with Crippen LogP contribution in [0.3, 0.4) is 0 Å². The molecule has 1 heterocycles. The van der Waals surface area contributed by atoms with E-state index in [4.69, 9.17) is 4.84 Å². The number of fused-ring (bicyclic) bond motifs is 1. The van der Waals surface area contributed by atoms with Crippen molar-refractivity contribution in [3.05, 3.63) is 101 Å². The Bertz CT molecular complexity index is 1430. The Morgan fingerprint density at radius 3 is 2.37 bits per heavy atom. The van der Waals surface area contributed by atoms with E-state index in [0.717, 1.165) is 0 Å². The van der Waals surface area contributed by atoms with Gasteiger partial charge < -0.3 is 5.32 Å². The summed E-state index contributed by atoms with van der Waals surface area (Å²) in [6.07, 6.45) is -7.25. The molecule has 0 spiro atoms. The summed E-state index contributed by atoms with van der Waals surface area (Å²) in [5.74, 6) is -2.05. The summed E-state index contributed by atoms with van der Waals surface area (Å²) in [4.78, 5) is 22.1. The number of rotatable bonds is 6. The van der Waals surface area contributed by atoms with E-state index in [1.807, 2.05) is 0 Å². The van der Waals surface area contributed by atoms with Gasteiger partial charge in [0.05, 0.1) is 18.4 Å². The van der Waals surface area contributed by atoms with E-state index in [1.54, 1.807) is 24.3 Å². The Kier molecular flexibility index (Phi) is 7.08. The fourth-order valence-corrected chi connectivity index (χ4v) is 3.97. The lowest BCUT2D eigenvalue weighted by Gasteiger charge is -2.29. The number of carbonyl (C=O) groups is 1. The average Bonchev–Trinajstić information content (AvgIpc) is 3.32. The fraction of sp³-hybridized carbons (Fsp3) is 0.160. The third-order valence-corrected chi connectivity index (χ3v) is 5.69. The highest BCUT2D eigenvalue weighted by Crippen LogP contribution is 2.49. The van der Waals surface area contributed by atoms with Gasteiger partial charge in [-0.25, -0.2) is 4.39 Å². The maximum absolute atomic E-state index is 14.3. The Morgan fingerprint density at radius 2 is 1.71 bits per heavy atom. The van der Waals surface area contributed by atoms with E-state index in [0.29, 0.717) is 22.9 Å². The third-order valence-electron chi connectivity index (χ3n) is 5.69. The second kappa shape index (κ2) is 9.99. The Morgan fingerprint density at radius 1 is 1.00 bits per heavy atom. The van der Waals surface area contributed by atoms with Crippen LogP contribution in [0.4, 0.5) is 30.7 Å². The van der Waals surface area contributed by atoms with Gasteiger partial charge in [0.15, 0.2) is 0 Å². The summed E-state index contributed by atoms with van der Waals surface area (Å²) >= 11 is 0. The lowest BCUT2D eigenvalue weighted by Crippen LogP contribution is -2.42. The smallest absolute Gasteiger partial charge is 0.327 e. The van der Waals surface area contributed by atoms with Crippen LogP contribution < -0.4 is 16.3 Å². The molecule has 1 aliphatic heterocycles. The molecule has 4 rings (SSSR count). The first-order valence-corrected chi connectivity index (χ1v) is 10.8. The summed E-state index contributed by atoms with van der Waals surface area (Å²) in [5.41, 5.74) is -1.50. The van der Waals surface area contributed by atoms with Crippen molar-refractivity contribution >= 4 is 22.4 Å². The first-order valence-electron chi connectivity index (χ1n) is 10.8. The summed E-state index contributed by atoms with van der Waals surface area (Å²) in [5, 5.41) is 3.21. The maximum atomic E-state index is 14.3. The lowest BCUT2D eigenvalue weighted by atomic mass is 9.89. The summed E-state index contributed by atoms with van der Waals surface area (Å²) in [6.45, 7) is 0. The second-order valence-electron chi connectivity index (χ2n) is 8.06. The summed E-state index contributed by atoms with van der Waals surface area (Å²) in [7, 11) is 1.37. The van der Waals surface area contributed by atoms with E-state index in [1.165, 1.54) is 31.6 Å². The molecule has 0 aliphatic carbocycles. The van der Waals surface area contributed by atoms with Crippen LogP contribution in [0, 0.1) is 5.82 Å². The van der Waals surface area contributed by atoms with Gasteiger partial charge in [-0.2, -0.15) is 26.3 Å². The first kappa shape index (κ1) is 26.9. The van der Waals surface area contributed by atoms with Crippen LogP contribution in [0.1, 0.15) is 27.0 Å². The van der Waals surface area contributed by atoms with E-state index in [2.05, 4.69) is 21.1 Å². The number of benzene rings is 3. The molecule has 0 saturated heterocycles. The largest absolute Gasteiger partial charge is 0.428 e. The van der Waals surface area contributed by atoms with Crippen LogP contribution in [-0.4, -0.2) is 19.2 Å². The Hall–Kier alpha value is -4.10. The minimum absolute atomic E-state index is 0.0956. The number of halogens is 7. The zero-order valence-corrected chi connectivity index (χ0v) is 19.3. The molecule has 3 N–H and O–H groups in total. The molecule has 200 valence electrons. The molecule has 1 atom stereocenters. The van der Waals surface area contributed by atoms with Gasteiger partial charge in [-0.3, -0.25) is 25.4 Å². The maximum Gasteiger partial charge on any atom is 0.428 e. The average molecular weight is 541 g/mol. The van der Waals surface area contributed by atoms with Crippen LogP contribution in [0.5, 0.6) is 0 Å². The number of carbonyl (C=O) groups excluding carboxylic acids is 1. The first-order chi connectivity index (χ1) is 17.9. The molecule has 0 aromatic heterocycles. The summed E-state index contributed by atoms with van der Waals surface area (Å²) < 4.78 is 96.7.